The summed E-state index contributed by atoms with van der Waals surface area (Å²) in [4.78, 5) is 22.7. The van der Waals surface area contributed by atoms with Crippen molar-refractivity contribution in [3.63, 3.8) is 0 Å². The zero-order valence-electron chi connectivity index (χ0n) is 10.9. The first-order valence-corrected chi connectivity index (χ1v) is 6.76. The van der Waals surface area contributed by atoms with Gasteiger partial charge in [-0.2, -0.15) is 5.26 Å². The summed E-state index contributed by atoms with van der Waals surface area (Å²) in [6.45, 7) is 2.06. The lowest BCUT2D eigenvalue weighted by Gasteiger charge is -2.08. The molecule has 7 heteroatoms. The number of nitriles is 1. The van der Waals surface area contributed by atoms with Crippen molar-refractivity contribution >= 4 is 27.9 Å². The van der Waals surface area contributed by atoms with Gasteiger partial charge in [-0.05, 0) is 24.6 Å². The summed E-state index contributed by atoms with van der Waals surface area (Å²) in [5, 5.41) is 13.6. The Hall–Kier alpha value is -2.07. The third kappa shape index (κ3) is 5.28. The number of nitrogens with zero attached hydrogens (tertiary/aromatic N) is 1. The lowest BCUT2D eigenvalue weighted by atomic mass is 10.2. The van der Waals surface area contributed by atoms with Crippen LogP contribution in [0.25, 0.3) is 0 Å². The molecule has 0 saturated carbocycles. The second-order valence-electron chi connectivity index (χ2n) is 3.85. The number of halogens is 1. The van der Waals surface area contributed by atoms with E-state index in [-0.39, 0.29) is 6.61 Å². The minimum Gasteiger partial charge on any atom is -0.482 e. The molecule has 0 spiro atoms. The highest BCUT2D eigenvalue weighted by Gasteiger charge is 2.10. The van der Waals surface area contributed by atoms with Gasteiger partial charge in [-0.15, -0.1) is 0 Å². The number of carbonyl (C=O) groups excluding carboxylic acids is 2. The Morgan fingerprint density at radius 3 is 2.85 bits per heavy atom. The highest BCUT2D eigenvalue weighted by Crippen LogP contribution is 2.22. The number of ether oxygens (including phenoxy) is 1. The predicted molar refractivity (Wildman–Crippen MR) is 76.2 cm³/mol. The highest BCUT2D eigenvalue weighted by molar-refractivity contribution is 9.10. The van der Waals surface area contributed by atoms with E-state index < -0.39 is 11.9 Å². The number of carbonyl (C=O) groups is 2. The van der Waals surface area contributed by atoms with Crippen LogP contribution >= 0.6 is 15.9 Å². The Morgan fingerprint density at radius 2 is 2.20 bits per heavy atom. The molecular weight excluding hydrogens is 326 g/mol. The molecule has 0 atom stereocenters. The average Bonchev–Trinajstić information content (AvgIpc) is 2.43. The molecule has 3 amide bonds. The van der Waals surface area contributed by atoms with Crippen molar-refractivity contribution in [3.05, 3.63) is 28.2 Å². The van der Waals surface area contributed by atoms with Gasteiger partial charge in [0.15, 0.2) is 6.61 Å². The molecule has 2 N–H and O–H groups in total. The number of hydrogen-bond acceptors (Lipinski definition) is 4. The maximum Gasteiger partial charge on any atom is 0.321 e. The summed E-state index contributed by atoms with van der Waals surface area (Å²) in [5.41, 5.74) is 0.308. The van der Waals surface area contributed by atoms with Crippen LogP contribution in [0.1, 0.15) is 18.9 Å². The standard InChI is InChI=1S/C13H14BrN3O3/c1-2-5-16-13(19)17-12(18)8-20-11-4-3-10(14)6-9(11)7-15/h3-4,6H,2,5,8H2,1H3,(H2,16,17,18,19). The molecule has 0 aliphatic heterocycles. The van der Waals surface area contributed by atoms with Gasteiger partial charge in [-0.3, -0.25) is 10.1 Å². The SMILES string of the molecule is CCCNC(=O)NC(=O)COc1ccc(Br)cc1C#N. The first-order valence-electron chi connectivity index (χ1n) is 5.97. The van der Waals surface area contributed by atoms with E-state index in [1.165, 1.54) is 0 Å². The molecule has 1 aromatic carbocycles. The summed E-state index contributed by atoms with van der Waals surface area (Å²) in [5.74, 6) is -0.287. The number of nitrogens with one attached hydrogen (secondary N) is 2. The molecule has 1 aromatic rings. The van der Waals surface area contributed by atoms with Gasteiger partial charge in [0.25, 0.3) is 5.91 Å². The molecule has 20 heavy (non-hydrogen) atoms. The maximum atomic E-state index is 11.5. The lowest BCUT2D eigenvalue weighted by molar-refractivity contribution is -0.122. The van der Waals surface area contributed by atoms with Crippen LogP contribution < -0.4 is 15.4 Å². The molecule has 0 bridgehead atoms. The Bertz CT molecular complexity index is 540. The van der Waals surface area contributed by atoms with Gasteiger partial charge in [0.1, 0.15) is 11.8 Å². The summed E-state index contributed by atoms with van der Waals surface area (Å²) in [6, 6.07) is 6.26. The number of amides is 3. The summed E-state index contributed by atoms with van der Waals surface area (Å²) < 4.78 is 5.96. The average molecular weight is 340 g/mol. The van der Waals surface area contributed by atoms with E-state index in [1.807, 2.05) is 13.0 Å². The van der Waals surface area contributed by atoms with Gasteiger partial charge >= 0.3 is 6.03 Å². The van der Waals surface area contributed by atoms with Gasteiger partial charge in [0, 0.05) is 11.0 Å². The number of hydrogen-bond donors (Lipinski definition) is 2. The summed E-state index contributed by atoms with van der Waals surface area (Å²) >= 11 is 3.24. The largest absolute Gasteiger partial charge is 0.482 e. The highest BCUT2D eigenvalue weighted by atomic mass is 79.9. The van der Waals surface area contributed by atoms with E-state index in [1.54, 1.807) is 18.2 Å². The molecule has 0 radical (unpaired) electrons. The third-order valence-electron chi connectivity index (χ3n) is 2.21. The quantitative estimate of drug-likeness (QED) is 0.857. The monoisotopic (exact) mass is 339 g/mol. The molecule has 0 aliphatic carbocycles. The Labute approximate surface area is 125 Å². The first kappa shape index (κ1) is 16.0. The van der Waals surface area contributed by atoms with Crippen molar-refractivity contribution in [3.8, 4) is 11.8 Å². The number of rotatable bonds is 5. The van der Waals surface area contributed by atoms with E-state index in [2.05, 4.69) is 26.6 Å². The lowest BCUT2D eigenvalue weighted by Crippen LogP contribution is -2.41. The first-order chi connectivity index (χ1) is 9.56. The van der Waals surface area contributed by atoms with E-state index in [0.29, 0.717) is 17.9 Å². The van der Waals surface area contributed by atoms with E-state index in [4.69, 9.17) is 10.00 Å². The topological polar surface area (TPSA) is 91.2 Å². The predicted octanol–water partition coefficient (Wildman–Crippen LogP) is 1.94. The van der Waals surface area contributed by atoms with Crippen LogP contribution in [0.2, 0.25) is 0 Å². The van der Waals surface area contributed by atoms with E-state index >= 15 is 0 Å². The number of imide groups is 1. The van der Waals surface area contributed by atoms with Gasteiger partial charge in [0.2, 0.25) is 0 Å². The molecule has 0 fully saturated rings. The van der Waals surface area contributed by atoms with Crippen molar-refractivity contribution in [2.75, 3.05) is 13.2 Å². The number of benzene rings is 1. The Balaban J connectivity index is 2.49. The smallest absolute Gasteiger partial charge is 0.321 e. The Morgan fingerprint density at radius 1 is 1.45 bits per heavy atom. The molecule has 0 saturated heterocycles. The Kier molecular flexibility index (Phi) is 6.53. The van der Waals surface area contributed by atoms with Crippen LogP contribution in [0.15, 0.2) is 22.7 Å². The second-order valence-corrected chi connectivity index (χ2v) is 4.76. The van der Waals surface area contributed by atoms with Crippen molar-refractivity contribution < 1.29 is 14.3 Å². The van der Waals surface area contributed by atoms with Gasteiger partial charge in [-0.1, -0.05) is 22.9 Å². The molecular formula is C13H14BrN3O3. The molecule has 1 rings (SSSR count). The van der Waals surface area contributed by atoms with Crippen LogP contribution in [0.5, 0.6) is 5.75 Å². The van der Waals surface area contributed by atoms with E-state index in [9.17, 15) is 9.59 Å². The van der Waals surface area contributed by atoms with Crippen LogP contribution in [0.4, 0.5) is 4.79 Å². The fraction of sp³-hybridized carbons (Fsp3) is 0.308. The molecule has 0 heterocycles. The van der Waals surface area contributed by atoms with Crippen LogP contribution in [-0.2, 0) is 4.79 Å². The van der Waals surface area contributed by atoms with Crippen molar-refractivity contribution in [2.45, 2.75) is 13.3 Å². The van der Waals surface area contributed by atoms with Crippen LogP contribution in [-0.4, -0.2) is 25.1 Å². The maximum absolute atomic E-state index is 11.5. The van der Waals surface area contributed by atoms with Gasteiger partial charge in [0.05, 0.1) is 5.56 Å². The molecule has 0 unspecified atom stereocenters. The van der Waals surface area contributed by atoms with Crippen molar-refractivity contribution in [1.82, 2.24) is 10.6 Å². The molecule has 6 nitrogen and oxygen atoms in total. The molecule has 0 aromatic heterocycles. The second kappa shape index (κ2) is 8.17. The zero-order valence-corrected chi connectivity index (χ0v) is 12.5. The van der Waals surface area contributed by atoms with Crippen LogP contribution in [0, 0.1) is 11.3 Å². The fourth-order valence-electron chi connectivity index (χ4n) is 1.30. The van der Waals surface area contributed by atoms with Crippen molar-refractivity contribution in [2.24, 2.45) is 0 Å². The minimum atomic E-state index is -0.578. The molecule has 0 aliphatic rings. The normalized spacial score (nSPS) is 9.45. The summed E-state index contributed by atoms with van der Waals surface area (Å²) in [7, 11) is 0. The minimum absolute atomic E-state index is 0.291. The van der Waals surface area contributed by atoms with Gasteiger partial charge < -0.3 is 10.1 Å². The molecule has 106 valence electrons. The fourth-order valence-corrected chi connectivity index (χ4v) is 1.67. The van der Waals surface area contributed by atoms with E-state index in [0.717, 1.165) is 10.9 Å². The van der Waals surface area contributed by atoms with Crippen molar-refractivity contribution in [1.29, 1.82) is 5.26 Å². The number of urea groups is 1. The summed E-state index contributed by atoms with van der Waals surface area (Å²) in [6.07, 6.45) is 0.780. The zero-order chi connectivity index (χ0) is 15.0. The van der Waals surface area contributed by atoms with Gasteiger partial charge in [-0.25, -0.2) is 4.79 Å². The third-order valence-corrected chi connectivity index (χ3v) is 2.70. The van der Waals surface area contributed by atoms with Crippen LogP contribution in [0.3, 0.4) is 0 Å².